The van der Waals surface area contributed by atoms with E-state index in [4.69, 9.17) is 10.5 Å². The number of aliphatic hydroxyl groups excluding tert-OH is 1. The highest BCUT2D eigenvalue weighted by Crippen LogP contribution is 2.37. The van der Waals surface area contributed by atoms with Crippen LogP contribution >= 0.6 is 47.8 Å². The second-order valence-corrected chi connectivity index (χ2v) is 5.79. The number of halogens is 3. The second kappa shape index (κ2) is 7.29. The number of benzene rings is 1. The van der Waals surface area contributed by atoms with Gasteiger partial charge in [0.25, 0.3) is 5.78 Å². The van der Waals surface area contributed by atoms with Crippen LogP contribution in [0.25, 0.3) is 0 Å². The quantitative estimate of drug-likeness (QED) is 0.179. The molecule has 1 aromatic carbocycles. The molecular formula is C11H3Br3N4O2. The average molecular weight is 463 g/mol. The van der Waals surface area contributed by atoms with Gasteiger partial charge < -0.3 is 5.11 Å². The van der Waals surface area contributed by atoms with Gasteiger partial charge in [-0.05, 0) is 44.0 Å². The molecule has 0 radical (unpaired) electrons. The van der Waals surface area contributed by atoms with Crippen LogP contribution < -0.4 is 0 Å². The van der Waals surface area contributed by atoms with Gasteiger partial charge in [-0.3, -0.25) is 4.79 Å². The number of Topliss-reactive ketones (excluding diaryl/α,β-unsaturated/α-hetero) is 1. The van der Waals surface area contributed by atoms with Crippen molar-refractivity contribution in [1.82, 2.24) is 0 Å². The Balaban J connectivity index is 3.31. The van der Waals surface area contributed by atoms with Gasteiger partial charge in [0.15, 0.2) is 5.70 Å². The zero-order valence-electron chi connectivity index (χ0n) is 9.43. The van der Waals surface area contributed by atoms with Crippen LogP contribution in [0.1, 0.15) is 0 Å². The minimum atomic E-state index is -1.16. The third-order valence-corrected chi connectivity index (χ3v) is 3.55. The lowest BCUT2D eigenvalue weighted by Crippen LogP contribution is -1.99. The fraction of sp³-hybridized carbons (Fsp3) is 0. The lowest BCUT2D eigenvalue weighted by atomic mass is 10.3. The third-order valence-electron chi connectivity index (χ3n) is 1.88. The minimum absolute atomic E-state index is 0.335. The topological polar surface area (TPSA) is 110 Å². The summed E-state index contributed by atoms with van der Waals surface area (Å²) in [5.74, 6) is -2.12. The number of carbonyl (C=O) groups is 1. The summed E-state index contributed by atoms with van der Waals surface area (Å²) in [5.41, 5.74) is -0.376. The maximum absolute atomic E-state index is 11.2. The van der Waals surface area contributed by atoms with Crippen LogP contribution in [0.2, 0.25) is 0 Å². The number of hydrogen-bond donors (Lipinski definition) is 1. The molecule has 0 aliphatic heterocycles. The Morgan fingerprint density at radius 3 is 2.15 bits per heavy atom. The molecule has 0 aliphatic rings. The Bertz CT molecular complexity index is 690. The van der Waals surface area contributed by atoms with E-state index in [1.54, 1.807) is 12.1 Å². The molecule has 0 spiro atoms. The normalized spacial score (nSPS) is 11.7. The highest BCUT2D eigenvalue weighted by atomic mass is 79.9. The van der Waals surface area contributed by atoms with Crippen LogP contribution in [0.5, 0.6) is 0 Å². The van der Waals surface area contributed by atoms with Crippen molar-refractivity contribution < 1.29 is 9.90 Å². The van der Waals surface area contributed by atoms with Gasteiger partial charge in [0.1, 0.15) is 17.8 Å². The molecule has 1 N–H and O–H groups in total. The Morgan fingerprint density at radius 1 is 1.15 bits per heavy atom. The van der Waals surface area contributed by atoms with Gasteiger partial charge in [-0.2, -0.15) is 10.5 Å². The predicted octanol–water partition coefficient (Wildman–Crippen LogP) is 4.44. The van der Waals surface area contributed by atoms with E-state index in [9.17, 15) is 9.90 Å². The highest BCUT2D eigenvalue weighted by Gasteiger charge is 2.15. The molecule has 0 saturated carbocycles. The zero-order valence-corrected chi connectivity index (χ0v) is 14.2. The average Bonchev–Trinajstić information content (AvgIpc) is 2.40. The molecule has 9 heteroatoms. The molecular weight excluding hydrogens is 460 g/mol. The first-order valence-electron chi connectivity index (χ1n) is 4.74. The smallest absolute Gasteiger partial charge is 0.286 e. The van der Waals surface area contributed by atoms with Crippen molar-refractivity contribution in [2.24, 2.45) is 10.2 Å². The van der Waals surface area contributed by atoms with Crippen molar-refractivity contribution in [3.05, 3.63) is 37.0 Å². The summed E-state index contributed by atoms with van der Waals surface area (Å²) in [4.78, 5) is 11.2. The van der Waals surface area contributed by atoms with Crippen molar-refractivity contribution in [2.75, 3.05) is 0 Å². The molecule has 0 saturated heterocycles. The number of hydrogen-bond acceptors (Lipinski definition) is 6. The van der Waals surface area contributed by atoms with Crippen molar-refractivity contribution in [2.45, 2.75) is 0 Å². The molecule has 0 bridgehead atoms. The number of nitrogens with zero attached hydrogens (tertiary/aromatic N) is 4. The fourth-order valence-electron chi connectivity index (χ4n) is 1.04. The van der Waals surface area contributed by atoms with Crippen LogP contribution in [0, 0.1) is 22.7 Å². The first kappa shape index (κ1) is 16.5. The summed E-state index contributed by atoms with van der Waals surface area (Å²) in [5, 5.41) is 33.5. The molecule has 0 amide bonds. The maximum atomic E-state index is 11.2. The van der Waals surface area contributed by atoms with E-state index in [0.717, 1.165) is 4.47 Å². The van der Waals surface area contributed by atoms with E-state index in [-0.39, 0.29) is 0 Å². The lowest BCUT2D eigenvalue weighted by Gasteiger charge is -2.02. The highest BCUT2D eigenvalue weighted by molar-refractivity contribution is 9.11. The Labute approximate surface area is 138 Å². The second-order valence-electron chi connectivity index (χ2n) is 3.17. The largest absolute Gasteiger partial charge is 0.498 e. The van der Waals surface area contributed by atoms with Gasteiger partial charge >= 0.3 is 0 Å². The monoisotopic (exact) mass is 460 g/mol. The molecule has 1 aromatic rings. The fourth-order valence-corrected chi connectivity index (χ4v) is 3.45. The minimum Gasteiger partial charge on any atom is -0.498 e. The first-order valence-corrected chi connectivity index (χ1v) is 7.12. The van der Waals surface area contributed by atoms with E-state index in [1.807, 2.05) is 0 Å². The standard InChI is InChI=1S/C11H3Br3N4O2/c12-5-1-6(13)10(7(14)2-5)17-18-11(8(19)3-15)9(20)4-16/h1-2,19H/b11-8-,18-17?. The van der Waals surface area contributed by atoms with Gasteiger partial charge in [-0.1, -0.05) is 15.9 Å². The molecule has 0 fully saturated rings. The van der Waals surface area contributed by atoms with Gasteiger partial charge in [-0.15, -0.1) is 10.2 Å². The molecule has 0 atom stereocenters. The Morgan fingerprint density at radius 2 is 1.70 bits per heavy atom. The van der Waals surface area contributed by atoms with Gasteiger partial charge in [0.2, 0.25) is 5.76 Å². The van der Waals surface area contributed by atoms with Crippen LogP contribution in [-0.4, -0.2) is 10.9 Å². The molecule has 0 aliphatic carbocycles. The summed E-state index contributed by atoms with van der Waals surface area (Å²) in [6.07, 6.45) is 0. The van der Waals surface area contributed by atoms with Gasteiger partial charge in [-0.25, -0.2) is 0 Å². The lowest BCUT2D eigenvalue weighted by molar-refractivity contribution is -0.110. The number of aliphatic hydroxyl groups is 1. The summed E-state index contributed by atoms with van der Waals surface area (Å²) in [7, 11) is 0. The Kier molecular flexibility index (Phi) is 6.02. The van der Waals surface area contributed by atoms with Gasteiger partial charge in [0.05, 0.1) is 0 Å². The maximum Gasteiger partial charge on any atom is 0.286 e. The van der Waals surface area contributed by atoms with Crippen LogP contribution in [-0.2, 0) is 4.79 Å². The molecule has 100 valence electrons. The van der Waals surface area contributed by atoms with E-state index in [2.05, 4.69) is 58.0 Å². The summed E-state index contributed by atoms with van der Waals surface area (Å²) in [6, 6.07) is 5.98. The number of rotatable bonds is 3. The molecule has 20 heavy (non-hydrogen) atoms. The van der Waals surface area contributed by atoms with E-state index < -0.39 is 17.2 Å². The van der Waals surface area contributed by atoms with Crippen LogP contribution in [0.15, 0.2) is 47.2 Å². The van der Waals surface area contributed by atoms with E-state index in [0.29, 0.717) is 14.6 Å². The SMILES string of the molecule is N#CC(=O)/C(N=Nc1c(Br)cc(Br)cc1Br)=C(/O)C#N. The summed E-state index contributed by atoms with van der Waals surface area (Å²) >= 11 is 9.77. The van der Waals surface area contributed by atoms with Crippen molar-refractivity contribution >= 4 is 59.3 Å². The van der Waals surface area contributed by atoms with E-state index in [1.165, 1.54) is 12.1 Å². The van der Waals surface area contributed by atoms with Crippen molar-refractivity contribution in [3.63, 3.8) is 0 Å². The number of nitriles is 2. The Hall–Kier alpha value is -1.55. The number of azo groups is 1. The van der Waals surface area contributed by atoms with E-state index >= 15 is 0 Å². The molecule has 6 nitrogen and oxygen atoms in total. The van der Waals surface area contributed by atoms with Crippen LogP contribution in [0.3, 0.4) is 0 Å². The first-order chi connectivity index (χ1) is 9.40. The molecule has 0 aromatic heterocycles. The molecule has 0 unspecified atom stereocenters. The molecule has 1 rings (SSSR count). The zero-order chi connectivity index (χ0) is 15.3. The third kappa shape index (κ3) is 3.97. The summed E-state index contributed by atoms with van der Waals surface area (Å²) in [6.45, 7) is 0. The summed E-state index contributed by atoms with van der Waals surface area (Å²) < 4.78 is 1.89. The number of carbonyl (C=O) groups excluding carboxylic acids is 1. The van der Waals surface area contributed by atoms with Crippen molar-refractivity contribution in [1.29, 1.82) is 10.5 Å². The van der Waals surface area contributed by atoms with Gasteiger partial charge in [0, 0.05) is 13.4 Å². The number of allylic oxidation sites excluding steroid dienone is 2. The predicted molar refractivity (Wildman–Crippen MR) is 79.9 cm³/mol. The van der Waals surface area contributed by atoms with Crippen molar-refractivity contribution in [3.8, 4) is 12.1 Å². The number of ketones is 1. The van der Waals surface area contributed by atoms with Crippen LogP contribution in [0.4, 0.5) is 5.69 Å². The molecule has 0 heterocycles.